The Kier molecular flexibility index (Phi) is 4.90. The maximum atomic E-state index is 2.58. The molecule has 0 aromatic rings. The van der Waals surface area contributed by atoms with Crippen molar-refractivity contribution < 1.29 is 0 Å². The molecule has 1 heteroatoms. The number of piperidine rings is 1. The van der Waals surface area contributed by atoms with Gasteiger partial charge in [0, 0.05) is 6.54 Å². The average molecular weight is 237 g/mol. The normalized spacial score (nSPS) is 41.8. The molecular formula is C16H31N. The zero-order chi connectivity index (χ0) is 12.3. The molecular weight excluding hydrogens is 206 g/mol. The van der Waals surface area contributed by atoms with E-state index in [1.165, 1.54) is 32.4 Å². The molecule has 3 rings (SSSR count). The van der Waals surface area contributed by atoms with Crippen LogP contribution in [0.25, 0.3) is 0 Å². The number of hydrogen-bond donors (Lipinski definition) is 0. The van der Waals surface area contributed by atoms with Crippen molar-refractivity contribution in [3.63, 3.8) is 0 Å². The van der Waals surface area contributed by atoms with E-state index in [0.717, 1.165) is 23.7 Å². The van der Waals surface area contributed by atoms with E-state index in [-0.39, 0.29) is 0 Å². The van der Waals surface area contributed by atoms with E-state index in [1.54, 1.807) is 25.7 Å². The zero-order valence-electron chi connectivity index (χ0n) is 12.1. The summed E-state index contributed by atoms with van der Waals surface area (Å²) in [6.45, 7) is 6.77. The monoisotopic (exact) mass is 237 g/mol. The number of hydrogen-bond acceptors (Lipinski definition) is 1. The highest BCUT2D eigenvalue weighted by molar-refractivity contribution is 4.92. The van der Waals surface area contributed by atoms with Crippen molar-refractivity contribution in [1.82, 2.24) is 4.90 Å². The molecule has 0 bridgehead atoms. The molecule has 0 amide bonds. The first kappa shape index (κ1) is 13.4. The second kappa shape index (κ2) is 6.22. The van der Waals surface area contributed by atoms with Crippen molar-refractivity contribution in [1.29, 1.82) is 0 Å². The molecule has 2 saturated carbocycles. The highest BCUT2D eigenvalue weighted by Gasteiger charge is 2.41. The van der Waals surface area contributed by atoms with Gasteiger partial charge in [0.2, 0.25) is 0 Å². The van der Waals surface area contributed by atoms with Crippen LogP contribution in [0.4, 0.5) is 0 Å². The number of nitrogens with zero attached hydrogens (tertiary/aromatic N) is 1. The van der Waals surface area contributed by atoms with Crippen LogP contribution in [-0.4, -0.2) is 25.0 Å². The third kappa shape index (κ3) is 2.86. The molecule has 0 spiro atoms. The van der Waals surface area contributed by atoms with Gasteiger partial charge in [-0.2, -0.15) is 0 Å². The molecule has 2 aliphatic carbocycles. The van der Waals surface area contributed by atoms with Crippen molar-refractivity contribution in [3.8, 4) is 0 Å². The average Bonchev–Trinajstić information content (AvgIpc) is 2.41. The molecule has 1 heterocycles. The van der Waals surface area contributed by atoms with E-state index in [2.05, 4.69) is 11.9 Å². The molecule has 0 aromatic heterocycles. The predicted molar refractivity (Wildman–Crippen MR) is 75.1 cm³/mol. The maximum absolute atomic E-state index is 2.58. The molecule has 0 aromatic carbocycles. The molecule has 4 atom stereocenters. The summed E-state index contributed by atoms with van der Waals surface area (Å²) in [6.07, 6.45) is 10.8. The van der Waals surface area contributed by atoms with Gasteiger partial charge in [-0.25, -0.2) is 0 Å². The van der Waals surface area contributed by atoms with Gasteiger partial charge in [0.05, 0.1) is 0 Å². The fourth-order valence-corrected chi connectivity index (χ4v) is 4.63. The lowest BCUT2D eigenvalue weighted by atomic mass is 9.60. The summed E-state index contributed by atoms with van der Waals surface area (Å²) >= 11 is 0. The van der Waals surface area contributed by atoms with Crippen LogP contribution >= 0.6 is 0 Å². The lowest BCUT2D eigenvalue weighted by Crippen LogP contribution is -2.47. The summed E-state index contributed by atoms with van der Waals surface area (Å²) < 4.78 is 0. The SMILES string of the molecule is CC.CN1CCC2CCC3CCCCC3C2C1. The summed E-state index contributed by atoms with van der Waals surface area (Å²) in [4.78, 5) is 2.58. The van der Waals surface area contributed by atoms with Gasteiger partial charge < -0.3 is 4.90 Å². The lowest BCUT2D eigenvalue weighted by Gasteiger charge is -2.49. The molecule has 100 valence electrons. The van der Waals surface area contributed by atoms with Gasteiger partial charge in [-0.05, 0) is 62.9 Å². The molecule has 0 N–H and O–H groups in total. The minimum Gasteiger partial charge on any atom is -0.306 e. The van der Waals surface area contributed by atoms with Crippen molar-refractivity contribution in [2.75, 3.05) is 20.1 Å². The largest absolute Gasteiger partial charge is 0.306 e. The number of fused-ring (bicyclic) bond motifs is 3. The minimum atomic E-state index is 1.07. The lowest BCUT2D eigenvalue weighted by molar-refractivity contribution is 0.00204. The Bertz CT molecular complexity index is 226. The molecule has 0 radical (unpaired) electrons. The van der Waals surface area contributed by atoms with Crippen molar-refractivity contribution in [2.24, 2.45) is 23.7 Å². The number of likely N-dealkylation sites (tertiary alicyclic amines) is 1. The first-order valence-electron chi connectivity index (χ1n) is 8.03. The first-order valence-corrected chi connectivity index (χ1v) is 8.03. The predicted octanol–water partition coefficient (Wildman–Crippen LogP) is 4.18. The van der Waals surface area contributed by atoms with Crippen molar-refractivity contribution >= 4 is 0 Å². The quantitative estimate of drug-likeness (QED) is 0.611. The van der Waals surface area contributed by atoms with Crippen molar-refractivity contribution in [2.45, 2.75) is 58.8 Å². The Balaban J connectivity index is 0.000000514. The van der Waals surface area contributed by atoms with Crippen LogP contribution < -0.4 is 0 Å². The van der Waals surface area contributed by atoms with Crippen molar-refractivity contribution in [3.05, 3.63) is 0 Å². The van der Waals surface area contributed by atoms with Crippen LogP contribution in [0.3, 0.4) is 0 Å². The summed E-state index contributed by atoms with van der Waals surface area (Å²) in [7, 11) is 2.32. The molecule has 1 aliphatic heterocycles. The highest BCUT2D eigenvalue weighted by atomic mass is 15.1. The molecule has 4 unspecified atom stereocenters. The first-order chi connectivity index (χ1) is 8.34. The molecule has 1 saturated heterocycles. The second-order valence-corrected chi connectivity index (χ2v) is 6.26. The molecule has 1 nitrogen and oxygen atoms in total. The van der Waals surface area contributed by atoms with Gasteiger partial charge in [0.25, 0.3) is 0 Å². The Labute approximate surface area is 108 Å². The van der Waals surface area contributed by atoms with E-state index in [1.807, 2.05) is 13.8 Å². The van der Waals surface area contributed by atoms with Crippen LogP contribution in [-0.2, 0) is 0 Å². The van der Waals surface area contributed by atoms with E-state index in [4.69, 9.17) is 0 Å². The van der Waals surface area contributed by atoms with Gasteiger partial charge in [-0.1, -0.05) is 33.1 Å². The van der Waals surface area contributed by atoms with Crippen LogP contribution in [0.5, 0.6) is 0 Å². The molecule has 17 heavy (non-hydrogen) atoms. The maximum Gasteiger partial charge on any atom is 0.00120 e. The molecule has 3 fully saturated rings. The van der Waals surface area contributed by atoms with Gasteiger partial charge in [-0.15, -0.1) is 0 Å². The summed E-state index contributed by atoms with van der Waals surface area (Å²) in [5.74, 6) is 4.40. The Morgan fingerprint density at radius 2 is 1.41 bits per heavy atom. The Morgan fingerprint density at radius 1 is 0.765 bits per heavy atom. The van der Waals surface area contributed by atoms with E-state index < -0.39 is 0 Å². The van der Waals surface area contributed by atoms with Crippen LogP contribution in [0.1, 0.15) is 58.8 Å². The third-order valence-corrected chi connectivity index (χ3v) is 5.44. The third-order valence-electron chi connectivity index (χ3n) is 5.44. The topological polar surface area (TPSA) is 3.24 Å². The standard InChI is InChI=1S/C14H25N.C2H6/c1-15-9-8-12-7-6-11-4-2-3-5-13(11)14(12)10-15;1-2/h11-14H,2-10H2,1H3;1-2H3. The zero-order valence-corrected chi connectivity index (χ0v) is 12.1. The van der Waals surface area contributed by atoms with Crippen LogP contribution in [0.2, 0.25) is 0 Å². The van der Waals surface area contributed by atoms with Crippen LogP contribution in [0.15, 0.2) is 0 Å². The Hall–Kier alpha value is -0.0400. The van der Waals surface area contributed by atoms with E-state index in [0.29, 0.717) is 0 Å². The fourth-order valence-electron chi connectivity index (χ4n) is 4.63. The second-order valence-electron chi connectivity index (χ2n) is 6.26. The summed E-state index contributed by atoms with van der Waals surface area (Å²) in [5, 5.41) is 0. The fraction of sp³-hybridized carbons (Fsp3) is 1.00. The smallest absolute Gasteiger partial charge is 0.00120 e. The Morgan fingerprint density at radius 3 is 2.18 bits per heavy atom. The number of rotatable bonds is 0. The molecule has 3 aliphatic rings. The van der Waals surface area contributed by atoms with Gasteiger partial charge in [-0.3, -0.25) is 0 Å². The van der Waals surface area contributed by atoms with E-state index in [9.17, 15) is 0 Å². The minimum absolute atomic E-state index is 1.07. The van der Waals surface area contributed by atoms with E-state index >= 15 is 0 Å². The summed E-state index contributed by atoms with van der Waals surface area (Å²) in [6, 6.07) is 0. The van der Waals surface area contributed by atoms with Crippen LogP contribution in [0, 0.1) is 23.7 Å². The van der Waals surface area contributed by atoms with Gasteiger partial charge >= 0.3 is 0 Å². The highest BCUT2D eigenvalue weighted by Crippen LogP contribution is 2.48. The van der Waals surface area contributed by atoms with Gasteiger partial charge in [0.15, 0.2) is 0 Å². The van der Waals surface area contributed by atoms with Gasteiger partial charge in [0.1, 0.15) is 0 Å². The summed E-state index contributed by atoms with van der Waals surface area (Å²) in [5.41, 5.74) is 0.